The molecule has 0 aliphatic carbocycles. The predicted octanol–water partition coefficient (Wildman–Crippen LogP) is 4.94. The minimum Gasteiger partial charge on any atom is -0.305 e. The topological polar surface area (TPSA) is 58.1 Å². The van der Waals surface area contributed by atoms with E-state index in [9.17, 15) is 9.59 Å². The first-order valence-corrected chi connectivity index (χ1v) is 10.7. The Balaban J connectivity index is 1.31. The molecule has 5 nitrogen and oxygen atoms in total. The Morgan fingerprint density at radius 2 is 1.86 bits per heavy atom. The second-order valence-electron chi connectivity index (χ2n) is 7.54. The van der Waals surface area contributed by atoms with Gasteiger partial charge in [0, 0.05) is 36.1 Å². The van der Waals surface area contributed by atoms with E-state index in [1.54, 1.807) is 18.2 Å². The van der Waals surface area contributed by atoms with E-state index in [0.29, 0.717) is 22.0 Å². The molecule has 1 aliphatic heterocycles. The standard InChI is InChI=1S/C22H23Cl2N3O2/c23-15-7-8-20-19(14-15)25-22(29)27(20)16-9-12-26(13-10-16)11-3-6-21(28)17-4-1-2-5-18(17)24/h1-2,4-5,7-8,14,16H,3,6,9-13H2,(H,25,29). The summed E-state index contributed by atoms with van der Waals surface area (Å²) in [5.74, 6) is 0.0921. The molecule has 152 valence electrons. The highest BCUT2D eigenvalue weighted by Crippen LogP contribution is 2.26. The molecule has 7 heteroatoms. The second kappa shape index (κ2) is 8.74. The number of ketones is 1. The van der Waals surface area contributed by atoms with Crippen LogP contribution in [0, 0.1) is 0 Å². The van der Waals surface area contributed by atoms with Crippen molar-refractivity contribution < 1.29 is 4.79 Å². The van der Waals surface area contributed by atoms with Crippen LogP contribution >= 0.6 is 23.2 Å². The first kappa shape index (κ1) is 20.2. The fourth-order valence-electron chi connectivity index (χ4n) is 4.15. The zero-order valence-electron chi connectivity index (χ0n) is 16.0. The molecular formula is C22H23Cl2N3O2. The maximum absolute atomic E-state index is 12.4. The molecule has 0 spiro atoms. The molecule has 0 radical (unpaired) electrons. The summed E-state index contributed by atoms with van der Waals surface area (Å²) in [5.41, 5.74) is 2.21. The largest absolute Gasteiger partial charge is 0.326 e. The smallest absolute Gasteiger partial charge is 0.305 e. The summed E-state index contributed by atoms with van der Waals surface area (Å²) >= 11 is 12.1. The van der Waals surface area contributed by atoms with Crippen molar-refractivity contribution in [3.63, 3.8) is 0 Å². The summed E-state index contributed by atoms with van der Waals surface area (Å²) in [6, 6.07) is 12.9. The number of aromatic nitrogens is 2. The number of halogens is 2. The van der Waals surface area contributed by atoms with Crippen LogP contribution in [0.15, 0.2) is 47.3 Å². The van der Waals surface area contributed by atoms with Gasteiger partial charge >= 0.3 is 5.69 Å². The average molecular weight is 432 g/mol. The van der Waals surface area contributed by atoms with Gasteiger partial charge in [-0.1, -0.05) is 35.3 Å². The van der Waals surface area contributed by atoms with Gasteiger partial charge in [0.05, 0.1) is 16.1 Å². The molecule has 1 fully saturated rings. The summed E-state index contributed by atoms with van der Waals surface area (Å²) in [5, 5.41) is 1.14. The summed E-state index contributed by atoms with van der Waals surface area (Å²) in [6.45, 7) is 2.70. The molecule has 1 saturated heterocycles. The third kappa shape index (κ3) is 4.42. The molecule has 0 saturated carbocycles. The van der Waals surface area contributed by atoms with Crippen LogP contribution in [-0.2, 0) is 0 Å². The fourth-order valence-corrected chi connectivity index (χ4v) is 4.57. The number of piperidine rings is 1. The van der Waals surface area contributed by atoms with E-state index < -0.39 is 0 Å². The summed E-state index contributed by atoms with van der Waals surface area (Å²) < 4.78 is 1.87. The van der Waals surface area contributed by atoms with Gasteiger partial charge in [-0.05, 0) is 56.1 Å². The molecule has 0 atom stereocenters. The fraction of sp³-hybridized carbons (Fsp3) is 0.364. The number of H-pyrrole nitrogens is 1. The van der Waals surface area contributed by atoms with Gasteiger partial charge in [0.2, 0.25) is 0 Å². The normalized spacial score (nSPS) is 15.8. The Bertz CT molecular complexity index is 1080. The number of hydrogen-bond acceptors (Lipinski definition) is 3. The first-order valence-electron chi connectivity index (χ1n) is 9.93. The maximum atomic E-state index is 12.4. The maximum Gasteiger partial charge on any atom is 0.326 e. The number of fused-ring (bicyclic) bond motifs is 1. The minimum absolute atomic E-state index is 0.0777. The Morgan fingerprint density at radius 3 is 2.62 bits per heavy atom. The molecule has 2 heterocycles. The average Bonchev–Trinajstić information content (AvgIpc) is 3.03. The summed E-state index contributed by atoms with van der Waals surface area (Å²) in [7, 11) is 0. The number of aromatic amines is 1. The van der Waals surface area contributed by atoms with Crippen molar-refractivity contribution in [1.29, 1.82) is 0 Å². The van der Waals surface area contributed by atoms with Crippen LogP contribution in [-0.4, -0.2) is 39.9 Å². The Hall–Kier alpha value is -2.08. The molecule has 1 N–H and O–H groups in total. The van der Waals surface area contributed by atoms with Crippen LogP contribution in [0.1, 0.15) is 42.1 Å². The molecule has 2 aromatic carbocycles. The van der Waals surface area contributed by atoms with E-state index in [2.05, 4.69) is 9.88 Å². The van der Waals surface area contributed by atoms with Crippen molar-refractivity contribution in [2.45, 2.75) is 31.7 Å². The number of nitrogens with one attached hydrogen (secondary N) is 1. The summed E-state index contributed by atoms with van der Waals surface area (Å²) in [6.07, 6.45) is 3.12. The number of carbonyl (C=O) groups excluding carboxylic acids is 1. The van der Waals surface area contributed by atoms with Crippen LogP contribution in [0.5, 0.6) is 0 Å². The van der Waals surface area contributed by atoms with Crippen molar-refractivity contribution in [2.75, 3.05) is 19.6 Å². The number of likely N-dealkylation sites (tertiary alicyclic amines) is 1. The number of hydrogen-bond donors (Lipinski definition) is 1. The SMILES string of the molecule is O=C(CCCN1CCC(n2c(=O)[nH]c3cc(Cl)ccc32)CC1)c1ccccc1Cl. The number of imidazole rings is 1. The van der Waals surface area contributed by atoms with Crippen LogP contribution < -0.4 is 5.69 Å². The molecule has 1 aliphatic rings. The quantitative estimate of drug-likeness (QED) is 0.562. The van der Waals surface area contributed by atoms with Crippen molar-refractivity contribution >= 4 is 40.0 Å². The Morgan fingerprint density at radius 1 is 1.10 bits per heavy atom. The Labute approximate surface area is 179 Å². The summed E-state index contributed by atoms with van der Waals surface area (Å²) in [4.78, 5) is 30.1. The number of benzene rings is 2. The lowest BCUT2D eigenvalue weighted by molar-refractivity contribution is 0.0971. The van der Waals surface area contributed by atoms with Crippen LogP contribution in [0.25, 0.3) is 11.0 Å². The lowest BCUT2D eigenvalue weighted by Gasteiger charge is -2.32. The molecule has 0 amide bonds. The van der Waals surface area contributed by atoms with E-state index in [1.807, 2.05) is 28.8 Å². The number of carbonyl (C=O) groups is 1. The van der Waals surface area contributed by atoms with E-state index in [-0.39, 0.29) is 17.5 Å². The van der Waals surface area contributed by atoms with Gasteiger partial charge in [-0.15, -0.1) is 0 Å². The number of nitrogens with zero attached hydrogens (tertiary/aromatic N) is 2. The number of rotatable bonds is 6. The molecule has 4 rings (SSSR count). The van der Waals surface area contributed by atoms with Crippen LogP contribution in [0.2, 0.25) is 10.0 Å². The highest BCUT2D eigenvalue weighted by molar-refractivity contribution is 6.34. The van der Waals surface area contributed by atoms with E-state index in [4.69, 9.17) is 23.2 Å². The van der Waals surface area contributed by atoms with Crippen molar-refractivity contribution in [3.05, 3.63) is 68.6 Å². The number of Topliss-reactive ketones (excluding diaryl/α,β-unsaturated/α-hetero) is 1. The van der Waals surface area contributed by atoms with E-state index in [1.165, 1.54) is 0 Å². The third-order valence-corrected chi connectivity index (χ3v) is 6.22. The monoisotopic (exact) mass is 431 g/mol. The van der Waals surface area contributed by atoms with Crippen molar-refractivity contribution in [2.24, 2.45) is 0 Å². The van der Waals surface area contributed by atoms with Gasteiger partial charge < -0.3 is 9.88 Å². The van der Waals surface area contributed by atoms with Crippen molar-refractivity contribution in [3.8, 4) is 0 Å². The first-order chi connectivity index (χ1) is 14.0. The van der Waals surface area contributed by atoms with Gasteiger partial charge in [-0.2, -0.15) is 0 Å². The van der Waals surface area contributed by atoms with Crippen molar-refractivity contribution in [1.82, 2.24) is 14.5 Å². The zero-order valence-corrected chi connectivity index (χ0v) is 17.5. The van der Waals surface area contributed by atoms with Gasteiger partial charge in [0.25, 0.3) is 0 Å². The lowest BCUT2D eigenvalue weighted by Crippen LogP contribution is -2.37. The van der Waals surface area contributed by atoms with Gasteiger partial charge in [-0.3, -0.25) is 9.36 Å². The molecule has 0 bridgehead atoms. The van der Waals surface area contributed by atoms with Crippen LogP contribution in [0.4, 0.5) is 0 Å². The second-order valence-corrected chi connectivity index (χ2v) is 8.38. The molecule has 1 aromatic heterocycles. The molecule has 29 heavy (non-hydrogen) atoms. The van der Waals surface area contributed by atoms with Gasteiger partial charge in [0.15, 0.2) is 5.78 Å². The Kier molecular flexibility index (Phi) is 6.09. The van der Waals surface area contributed by atoms with Gasteiger partial charge in [-0.25, -0.2) is 4.79 Å². The van der Waals surface area contributed by atoms with E-state index in [0.717, 1.165) is 49.9 Å². The molecule has 0 unspecified atom stereocenters. The lowest BCUT2D eigenvalue weighted by atomic mass is 10.0. The third-order valence-electron chi connectivity index (χ3n) is 5.65. The molecule has 3 aromatic rings. The highest BCUT2D eigenvalue weighted by Gasteiger charge is 2.23. The molecular weight excluding hydrogens is 409 g/mol. The highest BCUT2D eigenvalue weighted by atomic mass is 35.5. The van der Waals surface area contributed by atoms with E-state index >= 15 is 0 Å². The van der Waals surface area contributed by atoms with Crippen LogP contribution in [0.3, 0.4) is 0 Å². The van der Waals surface area contributed by atoms with Gasteiger partial charge in [0.1, 0.15) is 0 Å². The minimum atomic E-state index is -0.0777. The zero-order chi connectivity index (χ0) is 20.4. The predicted molar refractivity (Wildman–Crippen MR) is 117 cm³/mol.